The van der Waals surface area contributed by atoms with Crippen LogP contribution < -0.4 is 10.6 Å². The van der Waals surface area contributed by atoms with Gasteiger partial charge in [-0.1, -0.05) is 17.7 Å². The van der Waals surface area contributed by atoms with Crippen molar-refractivity contribution >= 4 is 35.0 Å². The molecule has 2 N–H and O–H groups in total. The molecule has 2 aliphatic heterocycles. The average molecular weight is 695 g/mol. The van der Waals surface area contributed by atoms with Crippen molar-refractivity contribution in [3.8, 4) is 22.4 Å². The fourth-order valence-electron chi connectivity index (χ4n) is 6.23. The Morgan fingerprint density at radius 3 is 2.41 bits per heavy atom. The van der Waals surface area contributed by atoms with Gasteiger partial charge in [0.15, 0.2) is 17.5 Å². The highest BCUT2D eigenvalue weighted by Crippen LogP contribution is 2.32. The number of nitrogens with one attached hydrogen (secondary N) is 2. The van der Waals surface area contributed by atoms with Crippen molar-refractivity contribution in [1.82, 2.24) is 34.4 Å². The van der Waals surface area contributed by atoms with E-state index < -0.39 is 17.5 Å². The number of hydrogen-bond acceptors (Lipinski definition) is 7. The minimum absolute atomic E-state index is 0.0304. The van der Waals surface area contributed by atoms with E-state index in [4.69, 9.17) is 16.3 Å². The molecule has 3 amide bonds. The van der Waals surface area contributed by atoms with Crippen LogP contribution in [0.25, 0.3) is 22.4 Å². The lowest BCUT2D eigenvalue weighted by molar-refractivity contribution is -0.137. The quantitative estimate of drug-likeness (QED) is 0.271. The summed E-state index contributed by atoms with van der Waals surface area (Å²) in [5.74, 6) is -2.87. The van der Waals surface area contributed by atoms with E-state index in [1.54, 1.807) is 29.0 Å². The number of halogens is 3. The van der Waals surface area contributed by atoms with Gasteiger partial charge in [-0.2, -0.15) is 5.10 Å². The number of aromatic nitrogens is 4. The Morgan fingerprint density at radius 2 is 1.69 bits per heavy atom. The lowest BCUT2D eigenvalue weighted by Gasteiger charge is -2.37. The van der Waals surface area contributed by atoms with Gasteiger partial charge in [-0.15, -0.1) is 0 Å². The van der Waals surface area contributed by atoms with Crippen LogP contribution in [0.3, 0.4) is 0 Å². The van der Waals surface area contributed by atoms with Crippen molar-refractivity contribution in [2.45, 2.75) is 19.4 Å². The van der Waals surface area contributed by atoms with Gasteiger partial charge in [0.05, 0.1) is 41.8 Å². The first kappa shape index (κ1) is 34.2. The van der Waals surface area contributed by atoms with Gasteiger partial charge in [-0.05, 0) is 50.2 Å². The van der Waals surface area contributed by atoms with Crippen molar-refractivity contribution < 1.29 is 27.9 Å². The number of imidazole rings is 1. The maximum Gasteiger partial charge on any atom is 0.291 e. The lowest BCUT2D eigenvalue weighted by atomic mass is 9.96. The summed E-state index contributed by atoms with van der Waals surface area (Å²) in [6.45, 7) is 4.31. The van der Waals surface area contributed by atoms with E-state index in [0.29, 0.717) is 50.6 Å². The van der Waals surface area contributed by atoms with Crippen molar-refractivity contribution in [2.75, 3.05) is 58.3 Å². The SMILES string of the molecule is COCCn1cc(-c2ccc(-c3cnc(C(=O)Nc4ccc(C(=O)N5CCN(C(=O)C6CCNCC6)CC5)c(Cl)c4)n3C)c(F)c2F)cn1. The standard InChI is InChI=1S/C34H37ClF2N8O4/c1-42-28(26-6-5-24(29(36)30(26)37)22-18-40-45(20-22)15-16-49-2)19-39-31(42)32(46)41-23-3-4-25(27(35)17-23)34(48)44-13-11-43(12-14-44)33(47)21-7-9-38-10-8-21/h3-6,17-21,38H,7-16H2,1-2H3,(H,41,46). The van der Waals surface area contributed by atoms with Gasteiger partial charge in [0.1, 0.15) is 0 Å². The highest BCUT2D eigenvalue weighted by molar-refractivity contribution is 6.34. The number of rotatable bonds is 9. The van der Waals surface area contributed by atoms with E-state index in [1.807, 2.05) is 4.90 Å². The van der Waals surface area contributed by atoms with E-state index >= 15 is 8.78 Å². The second-order valence-electron chi connectivity index (χ2n) is 12.1. The van der Waals surface area contributed by atoms with Gasteiger partial charge >= 0.3 is 0 Å². The molecule has 4 aromatic rings. The summed E-state index contributed by atoms with van der Waals surface area (Å²) in [5, 5.41) is 10.3. The topological polar surface area (TPSA) is 127 Å². The molecular formula is C34H37ClF2N8O4. The summed E-state index contributed by atoms with van der Waals surface area (Å²) in [4.78, 5) is 47.0. The Balaban J connectivity index is 1.09. The molecule has 0 atom stereocenters. The third-order valence-electron chi connectivity index (χ3n) is 9.04. The number of nitrogens with zero attached hydrogens (tertiary/aromatic N) is 6. The average Bonchev–Trinajstić information content (AvgIpc) is 3.75. The second-order valence-corrected chi connectivity index (χ2v) is 12.5. The maximum atomic E-state index is 15.4. The number of methoxy groups -OCH3 is 1. The minimum atomic E-state index is -1.08. The molecule has 4 heterocycles. The molecule has 49 heavy (non-hydrogen) atoms. The normalized spacial score (nSPS) is 15.4. The first-order chi connectivity index (χ1) is 23.7. The van der Waals surface area contributed by atoms with Gasteiger partial charge in [0.25, 0.3) is 11.8 Å². The Hall–Kier alpha value is -4.66. The number of carbonyl (C=O) groups excluding carboxylic acids is 3. The number of ether oxygens (including phenoxy) is 1. The number of piperidine rings is 1. The van der Waals surface area contributed by atoms with E-state index in [2.05, 4.69) is 20.7 Å². The van der Waals surface area contributed by atoms with Crippen molar-refractivity contribution in [3.63, 3.8) is 0 Å². The van der Waals surface area contributed by atoms with Gasteiger partial charge in [-0.3, -0.25) is 19.1 Å². The van der Waals surface area contributed by atoms with Crippen LogP contribution in [0.5, 0.6) is 0 Å². The number of carbonyl (C=O) groups is 3. The fraction of sp³-hybridized carbons (Fsp3) is 0.382. The summed E-state index contributed by atoms with van der Waals surface area (Å²) in [6.07, 6.45) is 6.02. The highest BCUT2D eigenvalue weighted by atomic mass is 35.5. The third kappa shape index (κ3) is 7.21. The molecular weight excluding hydrogens is 658 g/mol. The van der Waals surface area contributed by atoms with Crippen LogP contribution in [0.15, 0.2) is 48.9 Å². The smallest absolute Gasteiger partial charge is 0.291 e. The molecule has 2 fully saturated rings. The predicted octanol–water partition coefficient (Wildman–Crippen LogP) is 4.06. The zero-order valence-corrected chi connectivity index (χ0v) is 28.0. The largest absolute Gasteiger partial charge is 0.383 e. The van der Waals surface area contributed by atoms with E-state index in [0.717, 1.165) is 25.9 Å². The number of hydrogen-bond donors (Lipinski definition) is 2. The molecule has 6 rings (SSSR count). The van der Waals surface area contributed by atoms with Crippen molar-refractivity contribution in [3.05, 3.63) is 77.0 Å². The van der Waals surface area contributed by atoms with Crippen LogP contribution in [0, 0.1) is 17.6 Å². The number of piperazine rings is 1. The molecule has 0 aliphatic carbocycles. The summed E-state index contributed by atoms with van der Waals surface area (Å²) < 4.78 is 38.6. The molecule has 15 heteroatoms. The van der Waals surface area contributed by atoms with E-state index in [1.165, 1.54) is 48.3 Å². The highest BCUT2D eigenvalue weighted by Gasteiger charge is 2.30. The van der Waals surface area contributed by atoms with Crippen LogP contribution in [0.2, 0.25) is 5.02 Å². The first-order valence-electron chi connectivity index (χ1n) is 16.1. The van der Waals surface area contributed by atoms with Crippen LogP contribution in [-0.2, 0) is 23.1 Å². The van der Waals surface area contributed by atoms with Crippen molar-refractivity contribution in [2.24, 2.45) is 13.0 Å². The summed E-state index contributed by atoms with van der Waals surface area (Å²) >= 11 is 6.50. The van der Waals surface area contributed by atoms with E-state index in [9.17, 15) is 14.4 Å². The molecule has 2 aliphatic rings. The Morgan fingerprint density at radius 1 is 1.00 bits per heavy atom. The fourth-order valence-corrected chi connectivity index (χ4v) is 6.49. The molecule has 258 valence electrons. The summed E-state index contributed by atoms with van der Waals surface area (Å²) in [7, 11) is 3.09. The van der Waals surface area contributed by atoms with Gasteiger partial charge < -0.3 is 29.7 Å². The summed E-state index contributed by atoms with van der Waals surface area (Å²) in [6, 6.07) is 7.46. The lowest BCUT2D eigenvalue weighted by Crippen LogP contribution is -2.52. The Labute approximate surface area is 287 Å². The zero-order valence-electron chi connectivity index (χ0n) is 27.2. The first-order valence-corrected chi connectivity index (χ1v) is 16.5. The monoisotopic (exact) mass is 694 g/mol. The van der Waals surface area contributed by atoms with E-state index in [-0.39, 0.29) is 51.0 Å². The van der Waals surface area contributed by atoms with Crippen molar-refractivity contribution in [1.29, 1.82) is 0 Å². The number of anilines is 1. The van der Waals surface area contributed by atoms with Crippen LogP contribution in [-0.4, -0.2) is 99.8 Å². The molecule has 0 bridgehead atoms. The number of benzene rings is 2. The molecule has 0 radical (unpaired) electrons. The Bertz CT molecular complexity index is 1860. The Kier molecular flexibility index (Phi) is 10.4. The molecule has 2 saturated heterocycles. The minimum Gasteiger partial charge on any atom is -0.383 e. The third-order valence-corrected chi connectivity index (χ3v) is 9.36. The molecule has 0 saturated carbocycles. The zero-order chi connectivity index (χ0) is 34.7. The number of amides is 3. The van der Waals surface area contributed by atoms with Gasteiger partial charge in [0.2, 0.25) is 5.91 Å². The maximum absolute atomic E-state index is 15.4. The molecule has 2 aromatic heterocycles. The van der Waals surface area contributed by atoms with Crippen LogP contribution in [0.4, 0.5) is 14.5 Å². The molecule has 0 unspecified atom stereocenters. The predicted molar refractivity (Wildman–Crippen MR) is 179 cm³/mol. The second kappa shape index (κ2) is 14.8. The van der Waals surface area contributed by atoms with Crippen LogP contribution >= 0.6 is 11.6 Å². The van der Waals surface area contributed by atoms with Gasteiger partial charge in [0, 0.05) is 74.8 Å². The molecule has 2 aromatic carbocycles. The molecule has 12 nitrogen and oxygen atoms in total. The molecule has 0 spiro atoms. The van der Waals surface area contributed by atoms with Gasteiger partial charge in [-0.25, -0.2) is 13.8 Å². The van der Waals surface area contributed by atoms with Crippen LogP contribution in [0.1, 0.15) is 33.8 Å². The summed E-state index contributed by atoms with van der Waals surface area (Å²) in [5.41, 5.74) is 1.19.